The lowest BCUT2D eigenvalue weighted by atomic mass is 10.0. The van der Waals surface area contributed by atoms with Crippen molar-refractivity contribution in [2.45, 2.75) is 32.6 Å². The third kappa shape index (κ3) is 6.00. The van der Waals surface area contributed by atoms with Crippen molar-refractivity contribution in [3.05, 3.63) is 72.1 Å². The second-order valence-corrected chi connectivity index (χ2v) is 8.71. The molecule has 1 aliphatic heterocycles. The van der Waals surface area contributed by atoms with Crippen LogP contribution in [0.5, 0.6) is 0 Å². The van der Waals surface area contributed by atoms with Crippen LogP contribution in [0.2, 0.25) is 0 Å². The van der Waals surface area contributed by atoms with Crippen LogP contribution in [0, 0.1) is 0 Å². The quantitative estimate of drug-likeness (QED) is 0.494. The van der Waals surface area contributed by atoms with Crippen LogP contribution in [0.1, 0.15) is 31.4 Å². The molecule has 2 aromatic carbocycles. The average Bonchev–Trinajstić information content (AvgIpc) is 2.89. The van der Waals surface area contributed by atoms with E-state index in [-0.39, 0.29) is 24.3 Å². The summed E-state index contributed by atoms with van der Waals surface area (Å²) >= 11 is 0. The molecule has 4 rings (SSSR count). The Morgan fingerprint density at radius 3 is 2.23 bits per heavy atom. The molecule has 0 bridgehead atoms. The highest BCUT2D eigenvalue weighted by Crippen LogP contribution is 2.31. The molecule has 1 N–H and O–H groups in total. The Balaban J connectivity index is 1.40. The summed E-state index contributed by atoms with van der Waals surface area (Å²) in [6.45, 7) is 8.49. The van der Waals surface area contributed by atoms with Crippen LogP contribution in [0.4, 0.5) is 20.3 Å². The molecule has 1 saturated heterocycles. The molecule has 0 radical (unpaired) electrons. The third-order valence-corrected chi connectivity index (χ3v) is 6.43. The number of carbonyl (C=O) groups is 1. The standard InChI is InChI=1S/C27H31F2N5O/c1-3-27(28,29)22-9-5-20(6-10-22)19-24(35)32-23-11-7-21(8-12-23)25-26(31-14-13-30-25)34-17-15-33(4-2)16-18-34/h5-14H,3-4,15-19H2,1-2H3,(H,32,35). The molecule has 1 aliphatic rings. The number of alkyl halides is 2. The summed E-state index contributed by atoms with van der Waals surface area (Å²) < 4.78 is 27.6. The molecule has 1 fully saturated rings. The first-order valence-electron chi connectivity index (χ1n) is 12.1. The van der Waals surface area contributed by atoms with Crippen molar-refractivity contribution in [1.29, 1.82) is 0 Å². The minimum Gasteiger partial charge on any atom is -0.352 e. The van der Waals surface area contributed by atoms with E-state index in [1.807, 2.05) is 24.3 Å². The molecule has 35 heavy (non-hydrogen) atoms. The zero-order chi connectivity index (χ0) is 24.8. The van der Waals surface area contributed by atoms with Crippen LogP contribution in [0.25, 0.3) is 11.3 Å². The van der Waals surface area contributed by atoms with Crippen LogP contribution in [-0.4, -0.2) is 53.5 Å². The van der Waals surface area contributed by atoms with Gasteiger partial charge < -0.3 is 15.1 Å². The van der Waals surface area contributed by atoms with Gasteiger partial charge in [0, 0.05) is 61.8 Å². The predicted octanol–water partition coefficient (Wildman–Crippen LogP) is 4.97. The lowest BCUT2D eigenvalue weighted by molar-refractivity contribution is -0.115. The number of rotatable bonds is 8. The van der Waals surface area contributed by atoms with Crippen molar-refractivity contribution in [1.82, 2.24) is 14.9 Å². The van der Waals surface area contributed by atoms with Gasteiger partial charge in [-0.2, -0.15) is 0 Å². The monoisotopic (exact) mass is 479 g/mol. The number of anilines is 2. The number of piperazine rings is 1. The number of carbonyl (C=O) groups excluding carboxylic acids is 1. The third-order valence-electron chi connectivity index (χ3n) is 6.43. The summed E-state index contributed by atoms with van der Waals surface area (Å²) in [6, 6.07) is 13.5. The number of likely N-dealkylation sites (N-methyl/N-ethyl adjacent to an activating group) is 1. The maximum Gasteiger partial charge on any atom is 0.273 e. The van der Waals surface area contributed by atoms with E-state index in [2.05, 4.69) is 32.0 Å². The molecule has 2 heterocycles. The number of aromatic nitrogens is 2. The smallest absolute Gasteiger partial charge is 0.273 e. The molecule has 6 nitrogen and oxygen atoms in total. The van der Waals surface area contributed by atoms with E-state index in [9.17, 15) is 13.6 Å². The Hall–Kier alpha value is -3.39. The largest absolute Gasteiger partial charge is 0.352 e. The van der Waals surface area contributed by atoms with Gasteiger partial charge in [-0.3, -0.25) is 9.78 Å². The maximum absolute atomic E-state index is 13.8. The number of amides is 1. The number of nitrogens with one attached hydrogen (secondary N) is 1. The minimum atomic E-state index is -2.85. The fraction of sp³-hybridized carbons (Fsp3) is 0.370. The zero-order valence-electron chi connectivity index (χ0n) is 20.2. The van der Waals surface area contributed by atoms with E-state index in [1.54, 1.807) is 24.5 Å². The summed E-state index contributed by atoms with van der Waals surface area (Å²) in [5, 5.41) is 2.88. The Bertz CT molecular complexity index is 1130. The van der Waals surface area contributed by atoms with E-state index in [1.165, 1.54) is 19.1 Å². The van der Waals surface area contributed by atoms with Crippen LogP contribution in [0.15, 0.2) is 60.9 Å². The van der Waals surface area contributed by atoms with Gasteiger partial charge in [0.2, 0.25) is 5.91 Å². The van der Waals surface area contributed by atoms with Crippen molar-refractivity contribution in [3.8, 4) is 11.3 Å². The second kappa shape index (κ2) is 10.9. The van der Waals surface area contributed by atoms with E-state index in [4.69, 9.17) is 0 Å². The van der Waals surface area contributed by atoms with E-state index in [0.29, 0.717) is 11.3 Å². The first-order chi connectivity index (χ1) is 16.9. The van der Waals surface area contributed by atoms with Crippen molar-refractivity contribution >= 4 is 17.4 Å². The normalized spacial score (nSPS) is 14.7. The Labute approximate surface area is 205 Å². The van der Waals surface area contributed by atoms with E-state index in [0.717, 1.165) is 49.8 Å². The lowest BCUT2D eigenvalue weighted by Crippen LogP contribution is -2.46. The zero-order valence-corrected chi connectivity index (χ0v) is 20.2. The minimum absolute atomic E-state index is 0.0321. The van der Waals surface area contributed by atoms with Crippen molar-refractivity contribution in [2.24, 2.45) is 0 Å². The van der Waals surface area contributed by atoms with Crippen LogP contribution >= 0.6 is 0 Å². The number of nitrogens with zero attached hydrogens (tertiary/aromatic N) is 4. The summed E-state index contributed by atoms with van der Waals surface area (Å²) in [4.78, 5) is 26.4. The molecule has 0 spiro atoms. The molecule has 0 unspecified atom stereocenters. The number of benzene rings is 2. The van der Waals surface area contributed by atoms with Gasteiger partial charge in [0.1, 0.15) is 5.69 Å². The van der Waals surface area contributed by atoms with Crippen LogP contribution in [0.3, 0.4) is 0 Å². The van der Waals surface area contributed by atoms with Gasteiger partial charge in [0.25, 0.3) is 5.92 Å². The highest BCUT2D eigenvalue weighted by Gasteiger charge is 2.28. The second-order valence-electron chi connectivity index (χ2n) is 8.71. The first kappa shape index (κ1) is 24.7. The van der Waals surface area contributed by atoms with Gasteiger partial charge in [-0.05, 0) is 24.2 Å². The first-order valence-corrected chi connectivity index (χ1v) is 12.1. The fourth-order valence-electron chi connectivity index (χ4n) is 4.21. The SMILES string of the molecule is CCN1CCN(c2nccnc2-c2ccc(NC(=O)Cc3ccc(C(F)(F)CC)cc3)cc2)CC1. The van der Waals surface area contributed by atoms with E-state index >= 15 is 0 Å². The number of halogens is 2. The molecule has 0 aliphatic carbocycles. The molecule has 1 amide bonds. The summed E-state index contributed by atoms with van der Waals surface area (Å²) in [7, 11) is 0. The van der Waals surface area contributed by atoms with Crippen molar-refractivity contribution in [3.63, 3.8) is 0 Å². The molecule has 1 aromatic heterocycles. The van der Waals surface area contributed by atoms with Crippen molar-refractivity contribution < 1.29 is 13.6 Å². The average molecular weight is 480 g/mol. The molecule has 184 valence electrons. The van der Waals surface area contributed by atoms with Crippen molar-refractivity contribution in [2.75, 3.05) is 42.9 Å². The van der Waals surface area contributed by atoms with E-state index < -0.39 is 5.92 Å². The molecule has 8 heteroatoms. The van der Waals surface area contributed by atoms with Gasteiger partial charge in [-0.25, -0.2) is 13.8 Å². The van der Waals surface area contributed by atoms with Gasteiger partial charge in [-0.15, -0.1) is 0 Å². The maximum atomic E-state index is 13.8. The summed E-state index contributed by atoms with van der Waals surface area (Å²) in [5.41, 5.74) is 3.06. The lowest BCUT2D eigenvalue weighted by Gasteiger charge is -2.35. The molecular formula is C27H31F2N5O. The molecular weight excluding hydrogens is 448 g/mol. The molecule has 3 aromatic rings. The predicted molar refractivity (Wildman–Crippen MR) is 135 cm³/mol. The topological polar surface area (TPSA) is 61.4 Å². The van der Waals surface area contributed by atoms with Crippen LogP contribution < -0.4 is 10.2 Å². The van der Waals surface area contributed by atoms with Gasteiger partial charge >= 0.3 is 0 Å². The highest BCUT2D eigenvalue weighted by molar-refractivity contribution is 5.92. The van der Waals surface area contributed by atoms with Gasteiger partial charge in [-0.1, -0.05) is 50.2 Å². The van der Waals surface area contributed by atoms with Gasteiger partial charge in [0.05, 0.1) is 6.42 Å². The molecule has 0 saturated carbocycles. The van der Waals surface area contributed by atoms with Gasteiger partial charge in [0.15, 0.2) is 5.82 Å². The highest BCUT2D eigenvalue weighted by atomic mass is 19.3. The Morgan fingerprint density at radius 2 is 1.60 bits per heavy atom. The van der Waals surface area contributed by atoms with Crippen LogP contribution in [-0.2, 0) is 17.1 Å². The Morgan fingerprint density at radius 1 is 0.943 bits per heavy atom. The number of hydrogen-bond acceptors (Lipinski definition) is 5. The Kier molecular flexibility index (Phi) is 7.70. The summed E-state index contributed by atoms with van der Waals surface area (Å²) in [5.74, 6) is -2.19. The fourth-order valence-corrected chi connectivity index (χ4v) is 4.21. The molecule has 0 atom stereocenters. The number of hydrogen-bond donors (Lipinski definition) is 1. The summed E-state index contributed by atoms with van der Waals surface area (Å²) in [6.07, 6.45) is 3.26.